The molecular weight excluding hydrogens is 270 g/mol. The lowest BCUT2D eigenvalue weighted by Gasteiger charge is -2.11. The third-order valence-electron chi connectivity index (χ3n) is 3.23. The Kier molecular flexibility index (Phi) is 4.81. The molecule has 0 saturated carbocycles. The van der Waals surface area contributed by atoms with E-state index in [0.717, 1.165) is 11.3 Å². The molecule has 0 bridgehead atoms. The fourth-order valence-corrected chi connectivity index (χ4v) is 2.02. The van der Waals surface area contributed by atoms with Gasteiger partial charge in [-0.1, -0.05) is 0 Å². The highest BCUT2D eigenvalue weighted by atomic mass is 16.5. The van der Waals surface area contributed by atoms with Gasteiger partial charge in [-0.2, -0.15) is 5.10 Å². The summed E-state index contributed by atoms with van der Waals surface area (Å²) in [7, 11) is 5.01. The number of aromatic nitrogens is 2. The zero-order chi connectivity index (χ0) is 15.2. The van der Waals surface area contributed by atoms with Gasteiger partial charge in [0.2, 0.25) is 5.91 Å². The van der Waals surface area contributed by atoms with E-state index in [0.29, 0.717) is 18.0 Å². The summed E-state index contributed by atoms with van der Waals surface area (Å²) in [5, 5.41) is 6.92. The topological polar surface area (TPSA) is 65.4 Å². The third-order valence-corrected chi connectivity index (χ3v) is 3.23. The number of aryl methyl sites for hydroxylation is 1. The first-order valence-electron chi connectivity index (χ1n) is 6.58. The van der Waals surface area contributed by atoms with E-state index in [1.54, 1.807) is 37.2 Å². The van der Waals surface area contributed by atoms with Crippen LogP contribution in [-0.2, 0) is 24.8 Å². The number of nitrogens with zero attached hydrogens (tertiary/aromatic N) is 2. The van der Waals surface area contributed by atoms with E-state index in [4.69, 9.17) is 9.47 Å². The van der Waals surface area contributed by atoms with Crippen molar-refractivity contribution in [1.82, 2.24) is 15.1 Å². The molecule has 0 atom stereocenters. The second-order valence-corrected chi connectivity index (χ2v) is 4.58. The summed E-state index contributed by atoms with van der Waals surface area (Å²) in [5.41, 5.74) is 1.74. The minimum absolute atomic E-state index is 0.0808. The molecule has 0 fully saturated rings. The van der Waals surface area contributed by atoms with E-state index in [-0.39, 0.29) is 12.3 Å². The van der Waals surface area contributed by atoms with Crippen LogP contribution in [0.15, 0.2) is 30.5 Å². The summed E-state index contributed by atoms with van der Waals surface area (Å²) in [6, 6.07) is 7.27. The molecule has 0 aliphatic carbocycles. The van der Waals surface area contributed by atoms with Crippen molar-refractivity contribution < 1.29 is 14.3 Å². The van der Waals surface area contributed by atoms with Crippen LogP contribution in [-0.4, -0.2) is 29.9 Å². The zero-order valence-corrected chi connectivity index (χ0v) is 12.4. The second-order valence-electron chi connectivity index (χ2n) is 4.58. The van der Waals surface area contributed by atoms with Crippen molar-refractivity contribution in [3.63, 3.8) is 0 Å². The van der Waals surface area contributed by atoms with Crippen LogP contribution < -0.4 is 14.8 Å². The Morgan fingerprint density at radius 3 is 2.71 bits per heavy atom. The monoisotopic (exact) mass is 289 g/mol. The molecule has 21 heavy (non-hydrogen) atoms. The maximum Gasteiger partial charge on any atom is 0.224 e. The van der Waals surface area contributed by atoms with Gasteiger partial charge in [0.1, 0.15) is 11.5 Å². The number of hydrogen-bond donors (Lipinski definition) is 1. The van der Waals surface area contributed by atoms with Crippen LogP contribution >= 0.6 is 0 Å². The predicted molar refractivity (Wildman–Crippen MR) is 78.3 cm³/mol. The number of nitrogens with one attached hydrogen (secondary N) is 1. The Bertz CT molecular complexity index is 622. The fraction of sp³-hybridized carbons (Fsp3) is 0.333. The predicted octanol–water partition coefficient (Wildman–Crippen LogP) is 1.30. The van der Waals surface area contributed by atoms with Gasteiger partial charge in [-0.05, 0) is 24.3 Å². The highest BCUT2D eigenvalue weighted by Gasteiger charge is 2.10. The second kappa shape index (κ2) is 6.78. The van der Waals surface area contributed by atoms with Crippen LogP contribution in [0.1, 0.15) is 11.3 Å². The highest BCUT2D eigenvalue weighted by Crippen LogP contribution is 2.24. The largest absolute Gasteiger partial charge is 0.497 e. The number of carbonyl (C=O) groups excluding carboxylic acids is 1. The molecule has 0 saturated heterocycles. The summed E-state index contributed by atoms with van der Waals surface area (Å²) in [4.78, 5) is 12.0. The van der Waals surface area contributed by atoms with Crippen molar-refractivity contribution in [3.8, 4) is 11.5 Å². The van der Waals surface area contributed by atoms with Crippen LogP contribution in [0.25, 0.3) is 0 Å². The van der Waals surface area contributed by atoms with E-state index in [1.165, 1.54) is 0 Å². The number of rotatable bonds is 6. The number of benzene rings is 1. The quantitative estimate of drug-likeness (QED) is 0.870. The lowest BCUT2D eigenvalue weighted by atomic mass is 10.1. The third kappa shape index (κ3) is 3.75. The van der Waals surface area contributed by atoms with E-state index in [2.05, 4.69) is 10.4 Å². The Labute approximate surface area is 123 Å². The van der Waals surface area contributed by atoms with Crippen LogP contribution in [0.4, 0.5) is 0 Å². The molecule has 1 aromatic heterocycles. The summed E-state index contributed by atoms with van der Waals surface area (Å²) < 4.78 is 12.2. The summed E-state index contributed by atoms with van der Waals surface area (Å²) in [5.74, 6) is 1.29. The maximum absolute atomic E-state index is 12.0. The molecule has 112 valence electrons. The summed E-state index contributed by atoms with van der Waals surface area (Å²) >= 11 is 0. The molecule has 0 spiro atoms. The van der Waals surface area contributed by atoms with Gasteiger partial charge in [-0.25, -0.2) is 0 Å². The summed E-state index contributed by atoms with van der Waals surface area (Å²) in [6.45, 7) is 0.446. The molecule has 2 aromatic rings. The van der Waals surface area contributed by atoms with Gasteiger partial charge >= 0.3 is 0 Å². The number of hydrogen-bond acceptors (Lipinski definition) is 4. The van der Waals surface area contributed by atoms with Crippen LogP contribution in [0, 0.1) is 0 Å². The molecule has 1 heterocycles. The molecule has 1 amide bonds. The van der Waals surface area contributed by atoms with Crippen molar-refractivity contribution >= 4 is 5.91 Å². The highest BCUT2D eigenvalue weighted by molar-refractivity contribution is 5.79. The fourth-order valence-electron chi connectivity index (χ4n) is 2.02. The van der Waals surface area contributed by atoms with Crippen molar-refractivity contribution in [1.29, 1.82) is 0 Å². The molecule has 0 aliphatic heterocycles. The minimum atomic E-state index is -0.0808. The first-order valence-corrected chi connectivity index (χ1v) is 6.58. The molecule has 6 nitrogen and oxygen atoms in total. The Hall–Kier alpha value is -2.50. The summed E-state index contributed by atoms with van der Waals surface area (Å²) in [6.07, 6.45) is 1.94. The lowest BCUT2D eigenvalue weighted by Crippen LogP contribution is -2.25. The Balaban J connectivity index is 2.00. The SMILES string of the molecule is COc1ccc(OC)c(CC(=O)NCc2ccnn2C)c1. The standard InChI is InChI=1S/C15H19N3O3/c1-18-12(6-7-17-18)10-16-15(19)9-11-8-13(20-2)4-5-14(11)21-3/h4-8H,9-10H2,1-3H3,(H,16,19). The molecule has 1 aromatic carbocycles. The van der Waals surface area contributed by atoms with Crippen LogP contribution in [0.3, 0.4) is 0 Å². The van der Waals surface area contributed by atoms with E-state index in [1.807, 2.05) is 19.2 Å². The minimum Gasteiger partial charge on any atom is -0.497 e. The van der Waals surface area contributed by atoms with Gasteiger partial charge in [-0.15, -0.1) is 0 Å². The van der Waals surface area contributed by atoms with Gasteiger partial charge in [0.15, 0.2) is 0 Å². The molecule has 0 unspecified atom stereocenters. The zero-order valence-electron chi connectivity index (χ0n) is 12.4. The number of carbonyl (C=O) groups is 1. The van der Waals surface area contributed by atoms with Crippen LogP contribution in [0.2, 0.25) is 0 Å². The number of amides is 1. The molecule has 6 heteroatoms. The average molecular weight is 289 g/mol. The van der Waals surface area contributed by atoms with E-state index < -0.39 is 0 Å². The van der Waals surface area contributed by atoms with E-state index in [9.17, 15) is 4.79 Å². The maximum atomic E-state index is 12.0. The van der Waals surface area contributed by atoms with Crippen molar-refractivity contribution in [2.24, 2.45) is 7.05 Å². The Morgan fingerprint density at radius 1 is 1.29 bits per heavy atom. The normalized spacial score (nSPS) is 10.2. The molecule has 0 aliphatic rings. The first-order chi connectivity index (χ1) is 10.1. The van der Waals surface area contributed by atoms with Crippen molar-refractivity contribution in [2.75, 3.05) is 14.2 Å². The van der Waals surface area contributed by atoms with Gasteiger partial charge in [-0.3, -0.25) is 9.48 Å². The smallest absolute Gasteiger partial charge is 0.224 e. The van der Waals surface area contributed by atoms with Crippen LogP contribution in [0.5, 0.6) is 11.5 Å². The average Bonchev–Trinajstić information content (AvgIpc) is 2.90. The first kappa shape index (κ1) is 14.9. The number of methoxy groups -OCH3 is 2. The molecule has 0 radical (unpaired) electrons. The van der Waals surface area contributed by atoms with Crippen molar-refractivity contribution in [2.45, 2.75) is 13.0 Å². The molecule has 1 N–H and O–H groups in total. The van der Waals surface area contributed by atoms with Crippen molar-refractivity contribution in [3.05, 3.63) is 41.7 Å². The van der Waals surface area contributed by atoms with Gasteiger partial charge in [0.05, 0.1) is 32.9 Å². The lowest BCUT2D eigenvalue weighted by molar-refractivity contribution is -0.120. The van der Waals surface area contributed by atoms with Gasteiger partial charge in [0, 0.05) is 18.8 Å². The van der Waals surface area contributed by atoms with E-state index >= 15 is 0 Å². The van der Waals surface area contributed by atoms with Gasteiger partial charge < -0.3 is 14.8 Å². The van der Waals surface area contributed by atoms with Gasteiger partial charge in [0.25, 0.3) is 0 Å². The molecule has 2 rings (SSSR count). The Morgan fingerprint density at radius 2 is 2.10 bits per heavy atom. The number of ether oxygens (including phenoxy) is 2. The molecular formula is C15H19N3O3.